The number of hydrogen-bond donors (Lipinski definition) is 0. The van der Waals surface area contributed by atoms with E-state index in [4.69, 9.17) is 4.18 Å². The molecule has 0 saturated heterocycles. The zero-order valence-corrected chi connectivity index (χ0v) is 12.7. The van der Waals surface area contributed by atoms with Crippen molar-refractivity contribution < 1.29 is 12.6 Å². The van der Waals surface area contributed by atoms with Gasteiger partial charge in [-0.05, 0) is 28.8 Å². The van der Waals surface area contributed by atoms with Crippen LogP contribution in [0.25, 0.3) is 11.1 Å². The fourth-order valence-corrected chi connectivity index (χ4v) is 2.23. The lowest BCUT2D eigenvalue weighted by atomic mass is 10.0. The maximum Gasteiger partial charge on any atom is 0.264 e. The fourth-order valence-electron chi connectivity index (χ4n) is 1.61. The van der Waals surface area contributed by atoms with Crippen LogP contribution in [-0.2, 0) is 20.9 Å². The van der Waals surface area contributed by atoms with E-state index in [1.165, 1.54) is 0 Å². The minimum absolute atomic E-state index is 0.0689. The molecule has 0 heterocycles. The minimum Gasteiger partial charge on any atom is -0.265 e. The normalized spacial score (nSPS) is 11.5. The maximum atomic E-state index is 10.9. The summed E-state index contributed by atoms with van der Waals surface area (Å²) in [5.74, 6) is 0. The lowest BCUT2D eigenvalue weighted by Crippen LogP contribution is -2.02. The lowest BCUT2D eigenvalue weighted by Gasteiger charge is -2.05. The molecular formula is C14H13BrO3S. The molecule has 0 fully saturated rings. The monoisotopic (exact) mass is 340 g/mol. The van der Waals surface area contributed by atoms with Crippen molar-refractivity contribution in [3.05, 3.63) is 58.6 Å². The summed E-state index contributed by atoms with van der Waals surface area (Å²) in [6.07, 6.45) is 1.04. The molecule has 19 heavy (non-hydrogen) atoms. The van der Waals surface area contributed by atoms with E-state index in [1.54, 1.807) is 0 Å². The van der Waals surface area contributed by atoms with Crippen molar-refractivity contribution >= 4 is 26.0 Å². The van der Waals surface area contributed by atoms with Gasteiger partial charge in [-0.1, -0.05) is 52.3 Å². The van der Waals surface area contributed by atoms with Gasteiger partial charge in [-0.3, -0.25) is 4.18 Å². The Morgan fingerprint density at radius 3 is 1.89 bits per heavy atom. The van der Waals surface area contributed by atoms with Crippen molar-refractivity contribution in [3.8, 4) is 11.1 Å². The second-order valence-electron chi connectivity index (χ2n) is 4.17. The SMILES string of the molecule is CS(=O)(=O)OCc1ccc(-c2ccc(Br)cc2)cc1. The number of halogens is 1. The predicted molar refractivity (Wildman–Crippen MR) is 79.2 cm³/mol. The zero-order chi connectivity index (χ0) is 13.9. The molecule has 0 atom stereocenters. The Balaban J connectivity index is 2.12. The molecule has 0 saturated carbocycles. The molecule has 0 aliphatic rings. The minimum atomic E-state index is -3.39. The lowest BCUT2D eigenvalue weighted by molar-refractivity contribution is 0.312. The van der Waals surface area contributed by atoms with E-state index in [2.05, 4.69) is 15.9 Å². The molecule has 0 aromatic heterocycles. The Morgan fingerprint density at radius 1 is 0.947 bits per heavy atom. The van der Waals surface area contributed by atoms with E-state index in [-0.39, 0.29) is 6.61 Å². The van der Waals surface area contributed by atoms with Crippen molar-refractivity contribution in [3.63, 3.8) is 0 Å². The van der Waals surface area contributed by atoms with Crippen LogP contribution in [0, 0.1) is 0 Å². The highest BCUT2D eigenvalue weighted by Crippen LogP contribution is 2.22. The first-order chi connectivity index (χ1) is 8.94. The molecule has 0 N–H and O–H groups in total. The highest BCUT2D eigenvalue weighted by molar-refractivity contribution is 9.10. The van der Waals surface area contributed by atoms with Crippen LogP contribution in [0.15, 0.2) is 53.0 Å². The summed E-state index contributed by atoms with van der Waals surface area (Å²) < 4.78 is 27.6. The van der Waals surface area contributed by atoms with Crippen LogP contribution >= 0.6 is 15.9 Å². The van der Waals surface area contributed by atoms with Crippen molar-refractivity contribution in [1.29, 1.82) is 0 Å². The highest BCUT2D eigenvalue weighted by Gasteiger charge is 2.03. The summed E-state index contributed by atoms with van der Waals surface area (Å²) in [7, 11) is -3.39. The van der Waals surface area contributed by atoms with E-state index >= 15 is 0 Å². The number of benzene rings is 2. The number of hydrogen-bond acceptors (Lipinski definition) is 3. The van der Waals surface area contributed by atoms with Gasteiger partial charge in [0.25, 0.3) is 10.1 Å². The maximum absolute atomic E-state index is 10.9. The Kier molecular flexibility index (Phi) is 4.39. The third kappa shape index (κ3) is 4.45. The van der Waals surface area contributed by atoms with Gasteiger partial charge in [0.15, 0.2) is 0 Å². The summed E-state index contributed by atoms with van der Waals surface area (Å²) in [6.45, 7) is 0.0689. The van der Waals surface area contributed by atoms with Crippen LogP contribution in [0.5, 0.6) is 0 Å². The average Bonchev–Trinajstić information content (AvgIpc) is 2.37. The van der Waals surface area contributed by atoms with Crippen LogP contribution in [0.4, 0.5) is 0 Å². The highest BCUT2D eigenvalue weighted by atomic mass is 79.9. The molecule has 5 heteroatoms. The fraction of sp³-hybridized carbons (Fsp3) is 0.143. The predicted octanol–water partition coefficient (Wildman–Crippen LogP) is 3.59. The van der Waals surface area contributed by atoms with Gasteiger partial charge in [0.1, 0.15) is 0 Å². The van der Waals surface area contributed by atoms with Crippen LogP contribution in [-0.4, -0.2) is 14.7 Å². The van der Waals surface area contributed by atoms with Crippen molar-refractivity contribution in [2.24, 2.45) is 0 Å². The van der Waals surface area contributed by atoms with E-state index in [0.29, 0.717) is 0 Å². The van der Waals surface area contributed by atoms with Gasteiger partial charge in [-0.2, -0.15) is 8.42 Å². The Labute approximate surface area is 121 Å². The molecule has 0 spiro atoms. The number of rotatable bonds is 4. The zero-order valence-electron chi connectivity index (χ0n) is 10.3. The van der Waals surface area contributed by atoms with Gasteiger partial charge >= 0.3 is 0 Å². The standard InChI is InChI=1S/C14H13BrO3S/c1-19(16,17)18-10-11-2-4-12(5-3-11)13-6-8-14(15)9-7-13/h2-9H,10H2,1H3. The van der Waals surface area contributed by atoms with E-state index < -0.39 is 10.1 Å². The largest absolute Gasteiger partial charge is 0.265 e. The third-order valence-electron chi connectivity index (χ3n) is 2.57. The quantitative estimate of drug-likeness (QED) is 0.798. The summed E-state index contributed by atoms with van der Waals surface area (Å²) >= 11 is 3.40. The van der Waals surface area contributed by atoms with Gasteiger partial charge < -0.3 is 0 Å². The topological polar surface area (TPSA) is 43.4 Å². The average molecular weight is 341 g/mol. The van der Waals surface area contributed by atoms with E-state index in [0.717, 1.165) is 27.4 Å². The van der Waals surface area contributed by atoms with Crippen LogP contribution in [0.3, 0.4) is 0 Å². The molecule has 0 amide bonds. The molecule has 0 unspecified atom stereocenters. The summed E-state index contributed by atoms with van der Waals surface area (Å²) in [4.78, 5) is 0. The first-order valence-corrected chi connectivity index (χ1v) is 8.24. The van der Waals surface area contributed by atoms with Crippen molar-refractivity contribution in [1.82, 2.24) is 0 Å². The molecule has 0 radical (unpaired) electrons. The van der Waals surface area contributed by atoms with Gasteiger partial charge in [0.2, 0.25) is 0 Å². The molecule has 3 nitrogen and oxygen atoms in total. The van der Waals surface area contributed by atoms with E-state index in [9.17, 15) is 8.42 Å². The third-order valence-corrected chi connectivity index (χ3v) is 3.65. The summed E-state index contributed by atoms with van der Waals surface area (Å²) in [5, 5.41) is 0. The Bertz CT molecular complexity index is 646. The van der Waals surface area contributed by atoms with E-state index in [1.807, 2.05) is 48.5 Å². The van der Waals surface area contributed by atoms with Gasteiger partial charge in [-0.25, -0.2) is 0 Å². The molecule has 2 aromatic rings. The van der Waals surface area contributed by atoms with Crippen molar-refractivity contribution in [2.45, 2.75) is 6.61 Å². The van der Waals surface area contributed by atoms with Crippen LogP contribution in [0.1, 0.15) is 5.56 Å². The van der Waals surface area contributed by atoms with Gasteiger partial charge in [-0.15, -0.1) is 0 Å². The van der Waals surface area contributed by atoms with Crippen LogP contribution < -0.4 is 0 Å². The smallest absolute Gasteiger partial charge is 0.264 e. The molecule has 0 bridgehead atoms. The molecular weight excluding hydrogens is 328 g/mol. The molecule has 2 rings (SSSR count). The second-order valence-corrected chi connectivity index (χ2v) is 6.73. The van der Waals surface area contributed by atoms with Crippen LogP contribution in [0.2, 0.25) is 0 Å². The first-order valence-electron chi connectivity index (χ1n) is 5.63. The second kappa shape index (κ2) is 5.86. The Morgan fingerprint density at radius 2 is 1.42 bits per heavy atom. The summed E-state index contributed by atoms with van der Waals surface area (Å²) in [5.41, 5.74) is 3.01. The van der Waals surface area contributed by atoms with Crippen molar-refractivity contribution in [2.75, 3.05) is 6.26 Å². The molecule has 0 aliphatic heterocycles. The summed E-state index contributed by atoms with van der Waals surface area (Å²) in [6, 6.07) is 15.6. The first kappa shape index (κ1) is 14.2. The van der Waals surface area contributed by atoms with Gasteiger partial charge in [0.05, 0.1) is 12.9 Å². The van der Waals surface area contributed by atoms with Gasteiger partial charge in [0, 0.05) is 4.47 Å². The Hall–Kier alpha value is -1.17. The molecule has 2 aromatic carbocycles. The molecule has 0 aliphatic carbocycles. The molecule has 100 valence electrons.